The van der Waals surface area contributed by atoms with Gasteiger partial charge in [-0.2, -0.15) is 0 Å². The van der Waals surface area contributed by atoms with Crippen LogP contribution >= 0.6 is 0 Å². The Morgan fingerprint density at radius 3 is 2.56 bits per heavy atom. The minimum atomic E-state index is 0.348. The van der Waals surface area contributed by atoms with E-state index >= 15 is 0 Å². The van der Waals surface area contributed by atoms with Crippen molar-refractivity contribution in [2.75, 3.05) is 20.2 Å². The third-order valence-corrected chi connectivity index (χ3v) is 3.40. The maximum absolute atomic E-state index is 5.92. The lowest BCUT2D eigenvalue weighted by molar-refractivity contribution is 0.260. The van der Waals surface area contributed by atoms with E-state index in [1.54, 1.807) is 7.11 Å². The van der Waals surface area contributed by atoms with Gasteiger partial charge >= 0.3 is 0 Å². The SMILES string of the molecule is COc1ccc(C(C)N2CCC(N)C2)cc1. The van der Waals surface area contributed by atoms with Gasteiger partial charge in [-0.25, -0.2) is 0 Å². The van der Waals surface area contributed by atoms with Gasteiger partial charge in [0.2, 0.25) is 0 Å². The van der Waals surface area contributed by atoms with Gasteiger partial charge in [0, 0.05) is 25.2 Å². The molecule has 16 heavy (non-hydrogen) atoms. The molecule has 0 radical (unpaired) electrons. The van der Waals surface area contributed by atoms with Crippen molar-refractivity contribution in [3.8, 4) is 5.75 Å². The molecule has 0 spiro atoms. The number of hydrogen-bond acceptors (Lipinski definition) is 3. The van der Waals surface area contributed by atoms with Crippen LogP contribution in [0.4, 0.5) is 0 Å². The van der Waals surface area contributed by atoms with E-state index in [0.717, 1.165) is 25.3 Å². The van der Waals surface area contributed by atoms with E-state index in [2.05, 4.69) is 24.0 Å². The summed E-state index contributed by atoms with van der Waals surface area (Å²) in [6, 6.07) is 9.09. The lowest BCUT2D eigenvalue weighted by Crippen LogP contribution is -2.28. The smallest absolute Gasteiger partial charge is 0.118 e. The highest BCUT2D eigenvalue weighted by atomic mass is 16.5. The van der Waals surface area contributed by atoms with Gasteiger partial charge in [-0.05, 0) is 31.0 Å². The topological polar surface area (TPSA) is 38.5 Å². The average Bonchev–Trinajstić information content (AvgIpc) is 2.75. The van der Waals surface area contributed by atoms with Crippen LogP contribution < -0.4 is 10.5 Å². The zero-order chi connectivity index (χ0) is 11.5. The van der Waals surface area contributed by atoms with Crippen LogP contribution in [0, 0.1) is 0 Å². The van der Waals surface area contributed by atoms with Crippen molar-refractivity contribution in [1.82, 2.24) is 4.90 Å². The normalized spacial score (nSPS) is 23.3. The summed E-state index contributed by atoms with van der Waals surface area (Å²) in [5.41, 5.74) is 7.25. The van der Waals surface area contributed by atoms with Gasteiger partial charge < -0.3 is 10.5 Å². The molecular formula is C13H20N2O. The Morgan fingerprint density at radius 1 is 1.38 bits per heavy atom. The highest BCUT2D eigenvalue weighted by molar-refractivity contribution is 5.29. The Labute approximate surface area is 97.2 Å². The van der Waals surface area contributed by atoms with Crippen LogP contribution in [-0.4, -0.2) is 31.1 Å². The van der Waals surface area contributed by atoms with Crippen LogP contribution in [-0.2, 0) is 0 Å². The van der Waals surface area contributed by atoms with Gasteiger partial charge in [-0.15, -0.1) is 0 Å². The van der Waals surface area contributed by atoms with Crippen LogP contribution in [0.2, 0.25) is 0 Å². The van der Waals surface area contributed by atoms with E-state index in [1.807, 2.05) is 12.1 Å². The van der Waals surface area contributed by atoms with Crippen LogP contribution in [0.15, 0.2) is 24.3 Å². The first-order valence-electron chi connectivity index (χ1n) is 5.84. The second kappa shape index (κ2) is 4.85. The molecule has 2 atom stereocenters. The van der Waals surface area contributed by atoms with E-state index in [4.69, 9.17) is 10.5 Å². The summed E-state index contributed by atoms with van der Waals surface area (Å²) in [5.74, 6) is 0.911. The molecule has 1 aliphatic rings. The molecule has 88 valence electrons. The van der Waals surface area contributed by atoms with Gasteiger partial charge in [0.05, 0.1) is 7.11 Å². The van der Waals surface area contributed by atoms with Crippen molar-refractivity contribution in [1.29, 1.82) is 0 Å². The molecule has 1 aromatic rings. The van der Waals surface area contributed by atoms with Gasteiger partial charge in [-0.1, -0.05) is 12.1 Å². The molecule has 2 rings (SSSR count). The standard InChI is InChI=1S/C13H20N2O/c1-10(15-8-7-12(14)9-15)11-3-5-13(16-2)6-4-11/h3-6,10,12H,7-9,14H2,1-2H3. The van der Waals surface area contributed by atoms with Crippen molar-refractivity contribution in [2.45, 2.75) is 25.4 Å². The van der Waals surface area contributed by atoms with E-state index in [9.17, 15) is 0 Å². The summed E-state index contributed by atoms with van der Waals surface area (Å²) in [7, 11) is 1.69. The first-order valence-corrected chi connectivity index (χ1v) is 5.84. The van der Waals surface area contributed by atoms with Crippen molar-refractivity contribution in [2.24, 2.45) is 5.73 Å². The number of rotatable bonds is 3. The number of ether oxygens (including phenoxy) is 1. The summed E-state index contributed by atoms with van der Waals surface area (Å²) in [6.07, 6.45) is 1.11. The fourth-order valence-electron chi connectivity index (χ4n) is 2.26. The minimum absolute atomic E-state index is 0.348. The van der Waals surface area contributed by atoms with E-state index in [-0.39, 0.29) is 0 Å². The molecule has 3 heteroatoms. The zero-order valence-corrected chi connectivity index (χ0v) is 10.0. The Kier molecular flexibility index (Phi) is 3.46. The van der Waals surface area contributed by atoms with Gasteiger partial charge in [0.15, 0.2) is 0 Å². The molecule has 3 nitrogen and oxygen atoms in total. The molecule has 0 saturated carbocycles. The fraction of sp³-hybridized carbons (Fsp3) is 0.538. The molecule has 0 aromatic heterocycles. The first kappa shape index (κ1) is 11.4. The number of nitrogens with two attached hydrogens (primary N) is 1. The highest BCUT2D eigenvalue weighted by Crippen LogP contribution is 2.25. The van der Waals surface area contributed by atoms with Gasteiger partial charge in [-0.3, -0.25) is 4.90 Å². The van der Waals surface area contributed by atoms with Crippen LogP contribution in [0.5, 0.6) is 5.75 Å². The fourth-order valence-corrected chi connectivity index (χ4v) is 2.26. The molecular weight excluding hydrogens is 200 g/mol. The Hall–Kier alpha value is -1.06. The summed E-state index contributed by atoms with van der Waals surface area (Å²) >= 11 is 0. The van der Waals surface area contributed by atoms with Crippen molar-refractivity contribution in [3.63, 3.8) is 0 Å². The number of hydrogen-bond donors (Lipinski definition) is 1. The Bertz CT molecular complexity index is 336. The molecule has 2 unspecified atom stereocenters. The quantitative estimate of drug-likeness (QED) is 0.844. The molecule has 1 heterocycles. The van der Waals surface area contributed by atoms with Crippen molar-refractivity contribution < 1.29 is 4.74 Å². The van der Waals surface area contributed by atoms with Crippen molar-refractivity contribution >= 4 is 0 Å². The predicted octanol–water partition coefficient (Wildman–Crippen LogP) is 1.79. The second-order valence-corrected chi connectivity index (χ2v) is 4.49. The summed E-state index contributed by atoms with van der Waals surface area (Å²) in [6.45, 7) is 4.35. The molecule has 1 aromatic carbocycles. The number of likely N-dealkylation sites (tertiary alicyclic amines) is 1. The van der Waals surface area contributed by atoms with Crippen LogP contribution in [0.25, 0.3) is 0 Å². The Morgan fingerprint density at radius 2 is 2.06 bits per heavy atom. The van der Waals surface area contributed by atoms with Crippen molar-refractivity contribution in [3.05, 3.63) is 29.8 Å². The highest BCUT2D eigenvalue weighted by Gasteiger charge is 2.24. The summed E-state index contributed by atoms with van der Waals surface area (Å²) < 4.78 is 5.16. The third kappa shape index (κ3) is 2.36. The molecule has 1 fully saturated rings. The molecule has 2 N–H and O–H groups in total. The molecule has 1 saturated heterocycles. The second-order valence-electron chi connectivity index (χ2n) is 4.49. The van der Waals surface area contributed by atoms with Crippen LogP contribution in [0.1, 0.15) is 24.9 Å². The zero-order valence-electron chi connectivity index (χ0n) is 10.0. The predicted molar refractivity (Wildman–Crippen MR) is 65.6 cm³/mol. The molecule has 0 bridgehead atoms. The largest absolute Gasteiger partial charge is 0.497 e. The minimum Gasteiger partial charge on any atom is -0.497 e. The van der Waals surface area contributed by atoms with E-state index in [1.165, 1.54) is 5.56 Å². The maximum Gasteiger partial charge on any atom is 0.118 e. The summed E-state index contributed by atoms with van der Waals surface area (Å²) in [4.78, 5) is 2.44. The third-order valence-electron chi connectivity index (χ3n) is 3.40. The first-order chi connectivity index (χ1) is 7.70. The average molecular weight is 220 g/mol. The van der Waals surface area contributed by atoms with Gasteiger partial charge in [0.1, 0.15) is 5.75 Å². The number of benzene rings is 1. The lowest BCUT2D eigenvalue weighted by Gasteiger charge is -2.24. The molecule has 0 amide bonds. The number of nitrogens with zero attached hydrogens (tertiary/aromatic N) is 1. The maximum atomic E-state index is 5.92. The van der Waals surface area contributed by atoms with Crippen LogP contribution in [0.3, 0.4) is 0 Å². The molecule has 1 aliphatic heterocycles. The van der Waals surface area contributed by atoms with E-state index in [0.29, 0.717) is 12.1 Å². The Balaban J connectivity index is 2.05. The number of methoxy groups -OCH3 is 1. The lowest BCUT2D eigenvalue weighted by atomic mass is 10.1. The van der Waals surface area contributed by atoms with E-state index < -0.39 is 0 Å². The van der Waals surface area contributed by atoms with Gasteiger partial charge in [0.25, 0.3) is 0 Å². The summed E-state index contributed by atoms with van der Waals surface area (Å²) in [5, 5.41) is 0. The monoisotopic (exact) mass is 220 g/mol. The molecule has 0 aliphatic carbocycles.